The smallest absolute Gasteiger partial charge is 0.0522 e. The molecule has 0 aliphatic rings. The fourth-order valence-electron chi connectivity index (χ4n) is 1.95. The molecule has 0 amide bonds. The molecule has 4 N–H and O–H groups in total. The lowest BCUT2D eigenvalue weighted by Crippen LogP contribution is -2.16. The SMILES string of the molecule is Cc1[nH]ncc1CCCNCc1ccccc1N. The Morgan fingerprint density at radius 2 is 2.11 bits per heavy atom. The highest BCUT2D eigenvalue weighted by atomic mass is 15.1. The van der Waals surface area contributed by atoms with Gasteiger partial charge in [-0.2, -0.15) is 5.10 Å². The number of hydrogen-bond donors (Lipinski definition) is 3. The molecular weight excluding hydrogens is 224 g/mol. The summed E-state index contributed by atoms with van der Waals surface area (Å²) in [6, 6.07) is 7.97. The number of anilines is 1. The van der Waals surface area contributed by atoms with Crippen molar-refractivity contribution in [1.29, 1.82) is 0 Å². The fraction of sp³-hybridized carbons (Fsp3) is 0.357. The first-order chi connectivity index (χ1) is 8.77. The standard InChI is InChI=1S/C14H20N4/c1-11-12(10-17-18-11)6-4-8-16-9-13-5-2-3-7-14(13)15/h2-3,5,7,10,16H,4,6,8-9,15H2,1H3,(H,17,18). The normalized spacial score (nSPS) is 10.7. The zero-order valence-electron chi connectivity index (χ0n) is 10.7. The van der Waals surface area contributed by atoms with Gasteiger partial charge >= 0.3 is 0 Å². The van der Waals surface area contributed by atoms with Crippen molar-refractivity contribution in [2.45, 2.75) is 26.3 Å². The van der Waals surface area contributed by atoms with Crippen LogP contribution in [0, 0.1) is 6.92 Å². The van der Waals surface area contributed by atoms with Crippen molar-refractivity contribution in [2.24, 2.45) is 0 Å². The van der Waals surface area contributed by atoms with Gasteiger partial charge in [-0.3, -0.25) is 5.10 Å². The Balaban J connectivity index is 1.68. The van der Waals surface area contributed by atoms with Crippen LogP contribution in [0.2, 0.25) is 0 Å². The van der Waals surface area contributed by atoms with Gasteiger partial charge in [0.05, 0.1) is 6.20 Å². The predicted molar refractivity (Wildman–Crippen MR) is 74.2 cm³/mol. The van der Waals surface area contributed by atoms with Crippen LogP contribution in [-0.4, -0.2) is 16.7 Å². The molecule has 2 aromatic rings. The molecule has 1 aromatic heterocycles. The summed E-state index contributed by atoms with van der Waals surface area (Å²) in [6.07, 6.45) is 4.07. The fourth-order valence-corrected chi connectivity index (χ4v) is 1.95. The summed E-state index contributed by atoms with van der Waals surface area (Å²) in [5, 5.41) is 10.4. The average Bonchev–Trinajstić information content (AvgIpc) is 2.77. The van der Waals surface area contributed by atoms with Crippen LogP contribution in [0.15, 0.2) is 30.5 Å². The highest BCUT2D eigenvalue weighted by molar-refractivity contribution is 5.46. The molecule has 2 rings (SSSR count). The molecule has 0 unspecified atom stereocenters. The summed E-state index contributed by atoms with van der Waals surface area (Å²) in [5.74, 6) is 0. The van der Waals surface area contributed by atoms with Crippen molar-refractivity contribution in [1.82, 2.24) is 15.5 Å². The largest absolute Gasteiger partial charge is 0.398 e. The van der Waals surface area contributed by atoms with E-state index < -0.39 is 0 Å². The number of hydrogen-bond acceptors (Lipinski definition) is 3. The van der Waals surface area contributed by atoms with E-state index in [1.54, 1.807) is 0 Å². The average molecular weight is 244 g/mol. The van der Waals surface area contributed by atoms with Gasteiger partial charge in [0, 0.05) is 17.9 Å². The van der Waals surface area contributed by atoms with E-state index in [4.69, 9.17) is 5.73 Å². The van der Waals surface area contributed by atoms with Crippen LogP contribution in [0.5, 0.6) is 0 Å². The highest BCUT2D eigenvalue weighted by Gasteiger charge is 2.00. The summed E-state index contributed by atoms with van der Waals surface area (Å²) in [5.41, 5.74) is 10.4. The van der Waals surface area contributed by atoms with E-state index in [1.165, 1.54) is 11.3 Å². The minimum Gasteiger partial charge on any atom is -0.398 e. The van der Waals surface area contributed by atoms with E-state index in [2.05, 4.69) is 28.5 Å². The van der Waals surface area contributed by atoms with Gasteiger partial charge in [-0.05, 0) is 43.5 Å². The number of benzene rings is 1. The Bertz CT molecular complexity index is 490. The number of nitrogens with two attached hydrogens (primary N) is 1. The molecule has 0 saturated carbocycles. The molecule has 0 atom stereocenters. The van der Waals surface area contributed by atoms with E-state index in [1.807, 2.05) is 24.4 Å². The molecule has 4 nitrogen and oxygen atoms in total. The molecule has 1 heterocycles. The second-order valence-electron chi connectivity index (χ2n) is 4.50. The van der Waals surface area contributed by atoms with E-state index in [-0.39, 0.29) is 0 Å². The highest BCUT2D eigenvalue weighted by Crippen LogP contribution is 2.10. The molecule has 0 fully saturated rings. The van der Waals surface area contributed by atoms with Crippen LogP contribution >= 0.6 is 0 Å². The predicted octanol–water partition coefficient (Wildman–Crippen LogP) is 2.02. The maximum Gasteiger partial charge on any atom is 0.0522 e. The first kappa shape index (κ1) is 12.6. The van der Waals surface area contributed by atoms with Crippen molar-refractivity contribution < 1.29 is 0 Å². The second-order valence-corrected chi connectivity index (χ2v) is 4.50. The first-order valence-corrected chi connectivity index (χ1v) is 6.30. The van der Waals surface area contributed by atoms with Crippen LogP contribution < -0.4 is 11.1 Å². The lowest BCUT2D eigenvalue weighted by atomic mass is 10.1. The molecule has 0 radical (unpaired) electrons. The summed E-state index contributed by atoms with van der Waals surface area (Å²) in [4.78, 5) is 0. The number of aryl methyl sites for hydroxylation is 2. The van der Waals surface area contributed by atoms with Gasteiger partial charge in [-0.1, -0.05) is 18.2 Å². The minimum absolute atomic E-state index is 0.830. The number of nitrogens with one attached hydrogen (secondary N) is 2. The van der Waals surface area contributed by atoms with Crippen molar-refractivity contribution in [3.63, 3.8) is 0 Å². The van der Waals surface area contributed by atoms with Crippen molar-refractivity contribution in [3.05, 3.63) is 47.3 Å². The Hall–Kier alpha value is -1.81. The number of H-pyrrole nitrogens is 1. The summed E-state index contributed by atoms with van der Waals surface area (Å²) >= 11 is 0. The Morgan fingerprint density at radius 3 is 2.83 bits per heavy atom. The van der Waals surface area contributed by atoms with E-state index >= 15 is 0 Å². The van der Waals surface area contributed by atoms with Crippen LogP contribution in [0.25, 0.3) is 0 Å². The van der Waals surface area contributed by atoms with Crippen LogP contribution in [0.1, 0.15) is 23.2 Å². The maximum absolute atomic E-state index is 5.88. The van der Waals surface area contributed by atoms with Gasteiger partial charge in [-0.25, -0.2) is 0 Å². The van der Waals surface area contributed by atoms with Crippen molar-refractivity contribution in [3.8, 4) is 0 Å². The van der Waals surface area contributed by atoms with E-state index in [0.717, 1.165) is 37.2 Å². The molecule has 1 aromatic carbocycles. The zero-order chi connectivity index (χ0) is 12.8. The Labute approximate surface area is 108 Å². The lowest BCUT2D eigenvalue weighted by Gasteiger charge is -2.07. The zero-order valence-corrected chi connectivity index (χ0v) is 10.7. The van der Waals surface area contributed by atoms with Gasteiger partial charge in [0.15, 0.2) is 0 Å². The molecule has 0 bridgehead atoms. The number of rotatable bonds is 6. The number of para-hydroxylation sites is 1. The lowest BCUT2D eigenvalue weighted by molar-refractivity contribution is 0.649. The van der Waals surface area contributed by atoms with Gasteiger partial charge < -0.3 is 11.1 Å². The van der Waals surface area contributed by atoms with Crippen molar-refractivity contribution >= 4 is 5.69 Å². The van der Waals surface area contributed by atoms with Crippen LogP contribution in [0.4, 0.5) is 5.69 Å². The summed E-state index contributed by atoms with van der Waals surface area (Å²) < 4.78 is 0. The molecular formula is C14H20N4. The minimum atomic E-state index is 0.830. The van der Waals surface area contributed by atoms with Gasteiger partial charge in [0.25, 0.3) is 0 Å². The summed E-state index contributed by atoms with van der Waals surface area (Å²) in [7, 11) is 0. The molecule has 96 valence electrons. The third-order valence-electron chi connectivity index (χ3n) is 3.10. The maximum atomic E-state index is 5.88. The first-order valence-electron chi connectivity index (χ1n) is 6.30. The van der Waals surface area contributed by atoms with Crippen molar-refractivity contribution in [2.75, 3.05) is 12.3 Å². The van der Waals surface area contributed by atoms with Crippen LogP contribution in [-0.2, 0) is 13.0 Å². The van der Waals surface area contributed by atoms with Gasteiger partial charge in [-0.15, -0.1) is 0 Å². The number of nitrogen functional groups attached to an aromatic ring is 1. The third-order valence-corrected chi connectivity index (χ3v) is 3.10. The molecule has 0 aliphatic carbocycles. The number of nitrogens with zero attached hydrogens (tertiary/aromatic N) is 1. The Kier molecular flexibility index (Phi) is 4.36. The van der Waals surface area contributed by atoms with Gasteiger partial charge in [0.1, 0.15) is 0 Å². The molecule has 0 aliphatic heterocycles. The summed E-state index contributed by atoms with van der Waals surface area (Å²) in [6.45, 7) is 3.87. The molecule has 4 heteroatoms. The topological polar surface area (TPSA) is 66.7 Å². The van der Waals surface area contributed by atoms with Crippen LogP contribution in [0.3, 0.4) is 0 Å². The third kappa shape index (κ3) is 3.34. The van der Waals surface area contributed by atoms with E-state index in [9.17, 15) is 0 Å². The monoisotopic (exact) mass is 244 g/mol. The number of aromatic amines is 1. The molecule has 0 saturated heterocycles. The molecule has 18 heavy (non-hydrogen) atoms. The van der Waals surface area contributed by atoms with E-state index in [0.29, 0.717) is 0 Å². The quantitative estimate of drug-likeness (QED) is 0.538. The number of aromatic nitrogens is 2. The van der Waals surface area contributed by atoms with Gasteiger partial charge in [0.2, 0.25) is 0 Å². The Morgan fingerprint density at radius 1 is 1.28 bits per heavy atom. The molecule has 0 spiro atoms. The second kappa shape index (κ2) is 6.21.